The predicted molar refractivity (Wildman–Crippen MR) is 97.2 cm³/mol. The number of carbonyl (C=O) groups excluding carboxylic acids is 1. The van der Waals surface area contributed by atoms with E-state index in [1.165, 1.54) is 23.0 Å². The lowest BCUT2D eigenvalue weighted by Gasteiger charge is -2.11. The van der Waals surface area contributed by atoms with E-state index in [4.69, 9.17) is 34.8 Å². The van der Waals surface area contributed by atoms with Gasteiger partial charge < -0.3 is 5.32 Å². The van der Waals surface area contributed by atoms with Gasteiger partial charge in [0.25, 0.3) is 5.91 Å². The number of hydrogen-bond acceptors (Lipinski definition) is 2. The first-order valence-electron chi connectivity index (χ1n) is 7.17. The molecule has 0 aliphatic carbocycles. The molecule has 0 fully saturated rings. The van der Waals surface area contributed by atoms with Gasteiger partial charge in [0.1, 0.15) is 11.6 Å². The highest BCUT2D eigenvalue weighted by Gasteiger charge is 2.15. The van der Waals surface area contributed by atoms with Crippen molar-refractivity contribution < 1.29 is 9.18 Å². The second kappa shape index (κ2) is 7.44. The van der Waals surface area contributed by atoms with Crippen LogP contribution in [-0.4, -0.2) is 15.7 Å². The van der Waals surface area contributed by atoms with Crippen LogP contribution >= 0.6 is 34.8 Å². The quantitative estimate of drug-likeness (QED) is 0.649. The molecule has 0 radical (unpaired) electrons. The smallest absolute Gasteiger partial charge is 0.259 e. The number of carbonyl (C=O) groups is 1. The molecule has 25 heavy (non-hydrogen) atoms. The fraction of sp³-hybridized carbons (Fsp3) is 0.0588. The Morgan fingerprint density at radius 1 is 1.16 bits per heavy atom. The van der Waals surface area contributed by atoms with Gasteiger partial charge in [0.15, 0.2) is 0 Å². The van der Waals surface area contributed by atoms with Crippen LogP contribution in [-0.2, 0) is 6.54 Å². The molecule has 4 nitrogen and oxygen atoms in total. The van der Waals surface area contributed by atoms with Crippen LogP contribution in [0.15, 0.2) is 48.7 Å². The van der Waals surface area contributed by atoms with E-state index >= 15 is 0 Å². The average Bonchev–Trinajstić information content (AvgIpc) is 2.98. The van der Waals surface area contributed by atoms with E-state index in [1.807, 2.05) is 0 Å². The van der Waals surface area contributed by atoms with Gasteiger partial charge in [-0.25, -0.2) is 9.07 Å². The molecule has 1 N–H and O–H groups in total. The molecule has 0 unspecified atom stereocenters. The number of halogens is 4. The van der Waals surface area contributed by atoms with Crippen LogP contribution in [0.4, 0.5) is 10.2 Å². The number of amides is 1. The Morgan fingerprint density at radius 2 is 1.96 bits per heavy atom. The Morgan fingerprint density at radius 3 is 2.72 bits per heavy atom. The second-order valence-corrected chi connectivity index (χ2v) is 6.39. The maximum absolute atomic E-state index is 13.9. The average molecular weight is 399 g/mol. The van der Waals surface area contributed by atoms with Crippen molar-refractivity contribution >= 4 is 46.5 Å². The highest BCUT2D eigenvalue weighted by molar-refractivity contribution is 6.42. The summed E-state index contributed by atoms with van der Waals surface area (Å²) >= 11 is 17.9. The minimum absolute atomic E-state index is 0.113. The van der Waals surface area contributed by atoms with Crippen molar-refractivity contribution in [3.05, 3.63) is 80.7 Å². The van der Waals surface area contributed by atoms with Crippen LogP contribution < -0.4 is 5.32 Å². The predicted octanol–water partition coefficient (Wildman–Crippen LogP) is 5.28. The van der Waals surface area contributed by atoms with Crippen LogP contribution in [0.1, 0.15) is 15.9 Å². The zero-order chi connectivity index (χ0) is 18.0. The normalized spacial score (nSPS) is 10.7. The van der Waals surface area contributed by atoms with Crippen LogP contribution in [0, 0.1) is 5.82 Å². The van der Waals surface area contributed by atoms with Crippen molar-refractivity contribution in [3.8, 4) is 0 Å². The van der Waals surface area contributed by atoms with Crippen molar-refractivity contribution in [2.24, 2.45) is 0 Å². The lowest BCUT2D eigenvalue weighted by Crippen LogP contribution is -2.17. The van der Waals surface area contributed by atoms with Gasteiger partial charge in [-0.2, -0.15) is 5.10 Å². The van der Waals surface area contributed by atoms with Gasteiger partial charge in [-0.1, -0.05) is 46.9 Å². The highest BCUT2D eigenvalue weighted by Crippen LogP contribution is 2.26. The van der Waals surface area contributed by atoms with E-state index in [9.17, 15) is 9.18 Å². The molecule has 2 aromatic carbocycles. The molecule has 0 spiro atoms. The molecule has 3 rings (SSSR count). The topological polar surface area (TPSA) is 46.9 Å². The summed E-state index contributed by atoms with van der Waals surface area (Å²) in [6, 6.07) is 10.7. The number of rotatable bonds is 4. The number of anilines is 1. The maximum Gasteiger partial charge on any atom is 0.259 e. The van der Waals surface area contributed by atoms with Gasteiger partial charge in [0.2, 0.25) is 0 Å². The Labute approximate surface area is 158 Å². The third-order valence-electron chi connectivity index (χ3n) is 3.49. The number of benzene rings is 2. The third kappa shape index (κ3) is 3.95. The van der Waals surface area contributed by atoms with Gasteiger partial charge in [-0.3, -0.25) is 4.79 Å². The molecule has 0 saturated heterocycles. The van der Waals surface area contributed by atoms with Gasteiger partial charge >= 0.3 is 0 Å². The summed E-state index contributed by atoms with van der Waals surface area (Å²) in [7, 11) is 0. The van der Waals surface area contributed by atoms with E-state index < -0.39 is 11.7 Å². The molecule has 1 amide bonds. The summed E-state index contributed by atoms with van der Waals surface area (Å²) in [4.78, 5) is 12.3. The Hall–Kier alpha value is -2.08. The number of aromatic nitrogens is 2. The highest BCUT2D eigenvalue weighted by atomic mass is 35.5. The van der Waals surface area contributed by atoms with Crippen molar-refractivity contribution in [2.45, 2.75) is 6.54 Å². The molecule has 0 aliphatic heterocycles. The molecule has 3 aromatic rings. The zero-order valence-electron chi connectivity index (χ0n) is 12.6. The Bertz CT molecular complexity index is 943. The summed E-state index contributed by atoms with van der Waals surface area (Å²) in [5, 5.41) is 7.84. The van der Waals surface area contributed by atoms with E-state index in [-0.39, 0.29) is 10.6 Å². The minimum Gasteiger partial charge on any atom is -0.307 e. The molecule has 0 aliphatic rings. The first kappa shape index (κ1) is 17.7. The standard InChI is InChI=1S/C17H11Cl3FN3O/c18-11-4-5-12(14(21)8-11)17(25)23-15-6-7-22-24(15)9-10-2-1-3-13(19)16(10)20/h1-8H,9H2,(H,23,25). The fourth-order valence-corrected chi connectivity index (χ4v) is 2.79. The van der Waals surface area contributed by atoms with Gasteiger partial charge in [-0.15, -0.1) is 0 Å². The zero-order valence-corrected chi connectivity index (χ0v) is 14.9. The Kier molecular flexibility index (Phi) is 5.27. The van der Waals surface area contributed by atoms with Crippen LogP contribution in [0.5, 0.6) is 0 Å². The molecule has 0 saturated carbocycles. The van der Waals surface area contributed by atoms with Crippen molar-refractivity contribution in [2.75, 3.05) is 5.32 Å². The van der Waals surface area contributed by atoms with E-state index in [0.717, 1.165) is 11.6 Å². The molecule has 0 bridgehead atoms. The van der Waals surface area contributed by atoms with Gasteiger partial charge in [0, 0.05) is 11.1 Å². The molecule has 0 atom stereocenters. The molecular formula is C17H11Cl3FN3O. The monoisotopic (exact) mass is 397 g/mol. The van der Waals surface area contributed by atoms with E-state index in [2.05, 4.69) is 10.4 Å². The van der Waals surface area contributed by atoms with Crippen molar-refractivity contribution in [1.82, 2.24) is 9.78 Å². The van der Waals surface area contributed by atoms with E-state index in [0.29, 0.717) is 22.4 Å². The number of nitrogens with one attached hydrogen (secondary N) is 1. The van der Waals surface area contributed by atoms with Crippen molar-refractivity contribution in [1.29, 1.82) is 0 Å². The van der Waals surface area contributed by atoms with Crippen LogP contribution in [0.2, 0.25) is 15.1 Å². The van der Waals surface area contributed by atoms with Gasteiger partial charge in [-0.05, 0) is 29.8 Å². The first-order valence-corrected chi connectivity index (χ1v) is 8.30. The molecular weight excluding hydrogens is 388 g/mol. The summed E-state index contributed by atoms with van der Waals surface area (Å²) < 4.78 is 15.4. The largest absolute Gasteiger partial charge is 0.307 e. The summed E-state index contributed by atoms with van der Waals surface area (Å²) in [6.07, 6.45) is 1.52. The Balaban J connectivity index is 1.82. The van der Waals surface area contributed by atoms with Crippen LogP contribution in [0.3, 0.4) is 0 Å². The van der Waals surface area contributed by atoms with Crippen molar-refractivity contribution in [3.63, 3.8) is 0 Å². The summed E-state index contributed by atoms with van der Waals surface area (Å²) in [6.45, 7) is 0.297. The second-order valence-electron chi connectivity index (χ2n) is 5.17. The first-order chi connectivity index (χ1) is 12.0. The molecule has 128 valence electrons. The number of hydrogen-bond donors (Lipinski definition) is 1. The van der Waals surface area contributed by atoms with Gasteiger partial charge in [0.05, 0.1) is 28.4 Å². The third-order valence-corrected chi connectivity index (χ3v) is 4.58. The summed E-state index contributed by atoms with van der Waals surface area (Å²) in [5.41, 5.74) is 0.629. The summed E-state index contributed by atoms with van der Waals surface area (Å²) in [5.74, 6) is -0.905. The lowest BCUT2D eigenvalue weighted by molar-refractivity contribution is 0.102. The van der Waals surface area contributed by atoms with Crippen LogP contribution in [0.25, 0.3) is 0 Å². The molecule has 8 heteroatoms. The lowest BCUT2D eigenvalue weighted by atomic mass is 10.2. The number of nitrogens with zero attached hydrogens (tertiary/aromatic N) is 2. The maximum atomic E-state index is 13.9. The minimum atomic E-state index is -0.700. The fourth-order valence-electron chi connectivity index (χ4n) is 2.25. The SMILES string of the molecule is O=C(Nc1ccnn1Cc1cccc(Cl)c1Cl)c1ccc(Cl)cc1F. The molecule has 1 aromatic heterocycles. The van der Waals surface area contributed by atoms with E-state index in [1.54, 1.807) is 24.3 Å². The molecule has 1 heterocycles.